The van der Waals surface area contributed by atoms with Crippen molar-refractivity contribution < 1.29 is 4.79 Å². The lowest BCUT2D eigenvalue weighted by atomic mass is 9.83. The highest BCUT2D eigenvalue weighted by Crippen LogP contribution is 2.26. The number of hydrogen-bond acceptors (Lipinski definition) is 2. The minimum absolute atomic E-state index is 0.124. The molecule has 0 aromatic carbocycles. The molecule has 0 aromatic heterocycles. The summed E-state index contributed by atoms with van der Waals surface area (Å²) in [5.74, 6) is 0.871. The lowest BCUT2D eigenvalue weighted by Gasteiger charge is -2.31. The van der Waals surface area contributed by atoms with E-state index in [4.69, 9.17) is 5.73 Å². The average Bonchev–Trinajstić information content (AvgIpc) is 2.27. The van der Waals surface area contributed by atoms with Crippen LogP contribution >= 0.6 is 0 Å². The summed E-state index contributed by atoms with van der Waals surface area (Å²) in [5, 5.41) is 3.18. The normalized spacial score (nSPS) is 27.4. The molecule has 0 heterocycles. The summed E-state index contributed by atoms with van der Waals surface area (Å²) in [7, 11) is 0. The summed E-state index contributed by atoms with van der Waals surface area (Å²) in [6.45, 7) is 4.17. The van der Waals surface area contributed by atoms with Crippen molar-refractivity contribution in [1.29, 1.82) is 0 Å². The third-order valence-electron chi connectivity index (χ3n) is 3.61. The molecule has 94 valence electrons. The molecule has 3 N–H and O–H groups in total. The number of rotatable bonds is 5. The number of carbonyl (C=O) groups excluding carboxylic acids is 1. The maximum absolute atomic E-state index is 11.7. The van der Waals surface area contributed by atoms with E-state index in [0.29, 0.717) is 18.4 Å². The summed E-state index contributed by atoms with van der Waals surface area (Å²) in [6, 6.07) is 0.540. The van der Waals surface area contributed by atoms with Gasteiger partial charge in [0.25, 0.3) is 0 Å². The topological polar surface area (TPSA) is 55.1 Å². The van der Waals surface area contributed by atoms with E-state index >= 15 is 0 Å². The highest BCUT2D eigenvalue weighted by atomic mass is 16.1. The first kappa shape index (κ1) is 13.5. The zero-order valence-corrected chi connectivity index (χ0v) is 10.7. The number of nitrogens with two attached hydrogens (primary N) is 1. The second-order valence-corrected chi connectivity index (χ2v) is 5.14. The van der Waals surface area contributed by atoms with Gasteiger partial charge in [-0.05, 0) is 32.1 Å². The first-order valence-electron chi connectivity index (χ1n) is 6.68. The molecular formula is C13H26N2O. The van der Waals surface area contributed by atoms with Crippen LogP contribution < -0.4 is 11.1 Å². The number of nitrogens with one attached hydrogen (secondary N) is 1. The van der Waals surface area contributed by atoms with Crippen molar-refractivity contribution in [2.45, 2.75) is 70.9 Å². The van der Waals surface area contributed by atoms with Crippen LogP contribution in [0.25, 0.3) is 0 Å². The molecule has 16 heavy (non-hydrogen) atoms. The van der Waals surface area contributed by atoms with Crippen LogP contribution in [0.15, 0.2) is 0 Å². The Hall–Kier alpha value is -0.570. The maximum Gasteiger partial charge on any atom is 0.220 e. The van der Waals surface area contributed by atoms with Gasteiger partial charge in [0.15, 0.2) is 0 Å². The molecule has 1 aliphatic rings. The Bertz CT molecular complexity index is 216. The van der Waals surface area contributed by atoms with Crippen molar-refractivity contribution in [3.63, 3.8) is 0 Å². The first-order valence-corrected chi connectivity index (χ1v) is 6.68. The van der Waals surface area contributed by atoms with Crippen LogP contribution in [0.3, 0.4) is 0 Å². The van der Waals surface area contributed by atoms with Gasteiger partial charge in [0.2, 0.25) is 5.91 Å². The Morgan fingerprint density at radius 1 is 1.44 bits per heavy atom. The van der Waals surface area contributed by atoms with Gasteiger partial charge in [0.1, 0.15) is 0 Å². The van der Waals surface area contributed by atoms with E-state index in [2.05, 4.69) is 12.2 Å². The van der Waals surface area contributed by atoms with E-state index in [1.54, 1.807) is 0 Å². The SMILES string of the molecule is CCC1CCCCC1NC(=O)CCC(C)N. The molecule has 0 radical (unpaired) electrons. The van der Waals surface area contributed by atoms with E-state index in [-0.39, 0.29) is 11.9 Å². The van der Waals surface area contributed by atoms with Gasteiger partial charge in [-0.25, -0.2) is 0 Å². The molecule has 0 spiro atoms. The molecule has 3 heteroatoms. The highest BCUT2D eigenvalue weighted by Gasteiger charge is 2.24. The van der Waals surface area contributed by atoms with Crippen molar-refractivity contribution >= 4 is 5.91 Å². The van der Waals surface area contributed by atoms with Crippen molar-refractivity contribution in [1.82, 2.24) is 5.32 Å². The van der Waals surface area contributed by atoms with E-state index in [9.17, 15) is 4.79 Å². The predicted molar refractivity (Wildman–Crippen MR) is 67.1 cm³/mol. The van der Waals surface area contributed by atoms with Gasteiger partial charge in [-0.2, -0.15) is 0 Å². The van der Waals surface area contributed by atoms with Gasteiger partial charge >= 0.3 is 0 Å². The molecule has 1 amide bonds. The number of amides is 1. The summed E-state index contributed by atoms with van der Waals surface area (Å²) < 4.78 is 0. The second-order valence-electron chi connectivity index (χ2n) is 5.14. The molecule has 1 aliphatic carbocycles. The van der Waals surface area contributed by atoms with Gasteiger partial charge in [-0.1, -0.05) is 26.2 Å². The van der Waals surface area contributed by atoms with Crippen LogP contribution in [0.1, 0.15) is 58.8 Å². The van der Waals surface area contributed by atoms with Crippen LogP contribution in [0.2, 0.25) is 0 Å². The smallest absolute Gasteiger partial charge is 0.220 e. The molecule has 1 rings (SSSR count). The fourth-order valence-corrected chi connectivity index (χ4v) is 2.52. The summed E-state index contributed by atoms with van der Waals surface area (Å²) in [5.41, 5.74) is 5.65. The fraction of sp³-hybridized carbons (Fsp3) is 0.923. The molecule has 3 atom stereocenters. The van der Waals surface area contributed by atoms with Crippen LogP contribution in [0, 0.1) is 5.92 Å². The predicted octanol–water partition coefficient (Wildman–Crippen LogP) is 2.20. The lowest BCUT2D eigenvalue weighted by Crippen LogP contribution is -2.42. The van der Waals surface area contributed by atoms with E-state index < -0.39 is 0 Å². The third kappa shape index (κ3) is 4.52. The van der Waals surface area contributed by atoms with Crippen LogP contribution in [0.5, 0.6) is 0 Å². The Kier molecular flexibility index (Phi) is 5.81. The minimum atomic E-state index is 0.124. The number of hydrogen-bond donors (Lipinski definition) is 2. The average molecular weight is 226 g/mol. The molecule has 0 aliphatic heterocycles. The quantitative estimate of drug-likeness (QED) is 0.755. The standard InChI is InChI=1S/C13H26N2O/c1-3-11-6-4-5-7-12(11)15-13(16)9-8-10(2)14/h10-12H,3-9,14H2,1-2H3,(H,15,16). The molecule has 0 bridgehead atoms. The van der Waals surface area contributed by atoms with Crippen LogP contribution in [-0.2, 0) is 4.79 Å². The van der Waals surface area contributed by atoms with Gasteiger partial charge in [-0.15, -0.1) is 0 Å². The summed E-state index contributed by atoms with van der Waals surface area (Å²) in [4.78, 5) is 11.7. The zero-order chi connectivity index (χ0) is 12.0. The van der Waals surface area contributed by atoms with E-state index in [1.807, 2.05) is 6.92 Å². The van der Waals surface area contributed by atoms with Gasteiger partial charge in [0, 0.05) is 18.5 Å². The fourth-order valence-electron chi connectivity index (χ4n) is 2.52. The Balaban J connectivity index is 2.30. The molecule has 1 fully saturated rings. The summed E-state index contributed by atoms with van der Waals surface area (Å²) >= 11 is 0. The molecule has 3 nitrogen and oxygen atoms in total. The van der Waals surface area contributed by atoms with E-state index in [1.165, 1.54) is 25.7 Å². The van der Waals surface area contributed by atoms with Crippen molar-refractivity contribution in [2.75, 3.05) is 0 Å². The van der Waals surface area contributed by atoms with Crippen molar-refractivity contribution in [2.24, 2.45) is 11.7 Å². The van der Waals surface area contributed by atoms with Gasteiger partial charge in [-0.3, -0.25) is 4.79 Å². The van der Waals surface area contributed by atoms with Gasteiger partial charge in [0.05, 0.1) is 0 Å². The third-order valence-corrected chi connectivity index (χ3v) is 3.61. The molecule has 3 unspecified atom stereocenters. The molecule has 0 aromatic rings. The van der Waals surface area contributed by atoms with Gasteiger partial charge < -0.3 is 11.1 Å². The van der Waals surface area contributed by atoms with Crippen LogP contribution in [0.4, 0.5) is 0 Å². The van der Waals surface area contributed by atoms with Crippen molar-refractivity contribution in [3.05, 3.63) is 0 Å². The molecular weight excluding hydrogens is 200 g/mol. The minimum Gasteiger partial charge on any atom is -0.353 e. The molecule has 0 saturated heterocycles. The monoisotopic (exact) mass is 226 g/mol. The number of carbonyl (C=O) groups is 1. The Morgan fingerprint density at radius 3 is 2.75 bits per heavy atom. The zero-order valence-electron chi connectivity index (χ0n) is 10.7. The Morgan fingerprint density at radius 2 is 2.12 bits per heavy atom. The largest absolute Gasteiger partial charge is 0.353 e. The highest BCUT2D eigenvalue weighted by molar-refractivity contribution is 5.76. The maximum atomic E-state index is 11.7. The second kappa shape index (κ2) is 6.89. The van der Waals surface area contributed by atoms with Crippen molar-refractivity contribution in [3.8, 4) is 0 Å². The first-order chi connectivity index (χ1) is 7.63. The summed E-state index contributed by atoms with van der Waals surface area (Å²) in [6.07, 6.45) is 7.55. The van der Waals surface area contributed by atoms with Crippen LogP contribution in [-0.4, -0.2) is 18.0 Å². The lowest BCUT2D eigenvalue weighted by molar-refractivity contribution is -0.122. The molecule has 1 saturated carbocycles. The Labute approximate surface area is 99.2 Å². The van der Waals surface area contributed by atoms with E-state index in [0.717, 1.165) is 12.8 Å².